The van der Waals surface area contributed by atoms with Crippen molar-refractivity contribution < 1.29 is 19.2 Å². The van der Waals surface area contributed by atoms with Crippen LogP contribution >= 0.6 is 11.6 Å². The van der Waals surface area contributed by atoms with Crippen molar-refractivity contribution in [3.63, 3.8) is 0 Å². The standard InChI is InChI=1S/C20H20ClN3O5/c1-12-9-14(13(2)23(12)15-4-5-15)3-8-20(26)29-11-19(25)22-18-7-6-16(24(27)28)10-17(18)21/h3,6-10,15H,4-5,11H2,1-2H3,(H,22,25)/b8-3+. The number of esters is 1. The van der Waals surface area contributed by atoms with Gasteiger partial charge < -0.3 is 14.6 Å². The number of rotatable bonds is 7. The van der Waals surface area contributed by atoms with Crippen molar-refractivity contribution in [2.75, 3.05) is 11.9 Å². The Morgan fingerprint density at radius 2 is 2.07 bits per heavy atom. The maximum Gasteiger partial charge on any atom is 0.331 e. The Labute approximate surface area is 172 Å². The third kappa shape index (κ3) is 5.03. The highest BCUT2D eigenvalue weighted by molar-refractivity contribution is 6.34. The summed E-state index contributed by atoms with van der Waals surface area (Å²) in [6, 6.07) is 6.23. The quantitative estimate of drug-likeness (QED) is 0.315. The minimum Gasteiger partial charge on any atom is -0.452 e. The molecule has 1 aromatic carbocycles. The van der Waals surface area contributed by atoms with Crippen LogP contribution in [0.3, 0.4) is 0 Å². The molecule has 152 valence electrons. The molecule has 1 aliphatic carbocycles. The number of aromatic nitrogens is 1. The molecule has 29 heavy (non-hydrogen) atoms. The van der Waals surface area contributed by atoms with Gasteiger partial charge in [0, 0.05) is 35.6 Å². The van der Waals surface area contributed by atoms with Gasteiger partial charge in [-0.15, -0.1) is 0 Å². The third-order valence-electron chi connectivity index (χ3n) is 4.62. The van der Waals surface area contributed by atoms with Gasteiger partial charge >= 0.3 is 5.97 Å². The Bertz CT molecular complexity index is 1010. The highest BCUT2D eigenvalue weighted by atomic mass is 35.5. The molecule has 1 fully saturated rings. The molecule has 2 aromatic rings. The number of aryl methyl sites for hydroxylation is 1. The number of anilines is 1. The van der Waals surface area contributed by atoms with Gasteiger partial charge in [0.15, 0.2) is 6.61 Å². The normalized spacial score (nSPS) is 13.5. The maximum atomic E-state index is 11.9. The summed E-state index contributed by atoms with van der Waals surface area (Å²) >= 11 is 5.91. The number of hydrogen-bond donors (Lipinski definition) is 1. The van der Waals surface area contributed by atoms with Gasteiger partial charge in [-0.05, 0) is 50.5 Å². The number of halogens is 1. The predicted octanol–water partition coefficient (Wildman–Crippen LogP) is 4.20. The summed E-state index contributed by atoms with van der Waals surface area (Å²) < 4.78 is 7.21. The topological polar surface area (TPSA) is 103 Å². The number of nitro groups is 1. The van der Waals surface area contributed by atoms with E-state index in [9.17, 15) is 19.7 Å². The summed E-state index contributed by atoms with van der Waals surface area (Å²) in [4.78, 5) is 34.0. The van der Waals surface area contributed by atoms with E-state index >= 15 is 0 Å². The molecule has 9 heteroatoms. The molecule has 3 rings (SSSR count). The molecule has 0 unspecified atom stereocenters. The lowest BCUT2D eigenvalue weighted by atomic mass is 10.2. The summed E-state index contributed by atoms with van der Waals surface area (Å²) in [6.45, 7) is 3.55. The number of hydrogen-bond acceptors (Lipinski definition) is 5. The first-order valence-electron chi connectivity index (χ1n) is 9.03. The van der Waals surface area contributed by atoms with E-state index < -0.39 is 23.4 Å². The van der Waals surface area contributed by atoms with Gasteiger partial charge in [0.05, 0.1) is 15.6 Å². The number of nitrogens with zero attached hydrogens (tertiary/aromatic N) is 2. The van der Waals surface area contributed by atoms with Crippen molar-refractivity contribution in [2.45, 2.75) is 32.7 Å². The molecule has 0 aliphatic heterocycles. The SMILES string of the molecule is Cc1cc(/C=C/C(=O)OCC(=O)Nc2ccc([N+](=O)[O-])cc2Cl)c(C)n1C1CC1. The molecule has 0 radical (unpaired) electrons. The Balaban J connectivity index is 1.53. The molecule has 1 N–H and O–H groups in total. The second-order valence-corrected chi connectivity index (χ2v) is 7.25. The van der Waals surface area contributed by atoms with Crippen LogP contribution in [0, 0.1) is 24.0 Å². The summed E-state index contributed by atoms with van der Waals surface area (Å²) in [5.74, 6) is -1.25. The van der Waals surface area contributed by atoms with Crippen LogP contribution in [0.2, 0.25) is 5.02 Å². The van der Waals surface area contributed by atoms with Gasteiger partial charge in [-0.2, -0.15) is 0 Å². The second kappa shape index (κ2) is 8.48. The van der Waals surface area contributed by atoms with Gasteiger partial charge in [0.1, 0.15) is 0 Å². The monoisotopic (exact) mass is 417 g/mol. The van der Waals surface area contributed by atoms with Crippen molar-refractivity contribution in [3.05, 3.63) is 62.4 Å². The lowest BCUT2D eigenvalue weighted by Crippen LogP contribution is -2.20. The van der Waals surface area contributed by atoms with Crippen molar-refractivity contribution in [2.24, 2.45) is 0 Å². The van der Waals surface area contributed by atoms with Crippen LogP contribution in [0.4, 0.5) is 11.4 Å². The van der Waals surface area contributed by atoms with E-state index in [0.717, 1.165) is 23.0 Å². The van der Waals surface area contributed by atoms with Crippen molar-refractivity contribution in [3.8, 4) is 0 Å². The molecule has 1 aliphatic rings. The highest BCUT2D eigenvalue weighted by Crippen LogP contribution is 2.38. The largest absolute Gasteiger partial charge is 0.452 e. The molecular formula is C20H20ClN3O5. The van der Waals surface area contributed by atoms with Crippen LogP contribution in [0.1, 0.15) is 35.8 Å². The molecule has 0 saturated heterocycles. The predicted molar refractivity (Wildman–Crippen MR) is 109 cm³/mol. The molecule has 0 atom stereocenters. The molecular weight excluding hydrogens is 398 g/mol. The maximum absolute atomic E-state index is 11.9. The molecule has 8 nitrogen and oxygen atoms in total. The average Bonchev–Trinajstić information content (AvgIpc) is 3.45. The average molecular weight is 418 g/mol. The molecule has 0 bridgehead atoms. The fourth-order valence-electron chi connectivity index (χ4n) is 3.11. The minimum atomic E-state index is -0.647. The van der Waals surface area contributed by atoms with Crippen LogP contribution in [0.15, 0.2) is 30.3 Å². The second-order valence-electron chi connectivity index (χ2n) is 6.84. The third-order valence-corrected chi connectivity index (χ3v) is 4.93. The van der Waals surface area contributed by atoms with Crippen LogP contribution < -0.4 is 5.32 Å². The van der Waals surface area contributed by atoms with E-state index in [1.807, 2.05) is 19.9 Å². The number of nitrogens with one attached hydrogen (secondary N) is 1. The number of carbonyl (C=O) groups is 2. The Morgan fingerprint density at radius 1 is 1.34 bits per heavy atom. The van der Waals surface area contributed by atoms with Gasteiger partial charge in [0.25, 0.3) is 11.6 Å². The zero-order valence-electron chi connectivity index (χ0n) is 16.0. The van der Waals surface area contributed by atoms with Crippen LogP contribution in [0.5, 0.6) is 0 Å². The minimum absolute atomic E-state index is 0.0183. The zero-order valence-corrected chi connectivity index (χ0v) is 16.7. The van der Waals surface area contributed by atoms with E-state index in [-0.39, 0.29) is 16.4 Å². The molecule has 0 spiro atoms. The Morgan fingerprint density at radius 3 is 2.69 bits per heavy atom. The number of nitro benzene ring substituents is 1. The van der Waals surface area contributed by atoms with Crippen LogP contribution in [0.25, 0.3) is 6.08 Å². The lowest BCUT2D eigenvalue weighted by molar-refractivity contribution is -0.384. The molecule has 1 aromatic heterocycles. The Hall–Kier alpha value is -3.13. The number of non-ortho nitro benzene ring substituents is 1. The Kier molecular flexibility index (Phi) is 6.03. The lowest BCUT2D eigenvalue weighted by Gasteiger charge is -2.07. The van der Waals surface area contributed by atoms with Crippen molar-refractivity contribution in [1.29, 1.82) is 0 Å². The van der Waals surface area contributed by atoms with E-state index in [2.05, 4.69) is 9.88 Å². The fraction of sp³-hybridized carbons (Fsp3) is 0.300. The van der Waals surface area contributed by atoms with Crippen LogP contribution in [-0.2, 0) is 14.3 Å². The van der Waals surface area contributed by atoms with E-state index in [4.69, 9.17) is 16.3 Å². The summed E-state index contributed by atoms with van der Waals surface area (Å²) in [5.41, 5.74) is 3.19. The smallest absolute Gasteiger partial charge is 0.331 e. The van der Waals surface area contributed by atoms with E-state index in [1.165, 1.54) is 31.1 Å². The van der Waals surface area contributed by atoms with Gasteiger partial charge in [-0.1, -0.05) is 11.6 Å². The fourth-order valence-corrected chi connectivity index (χ4v) is 3.34. The van der Waals surface area contributed by atoms with E-state index in [0.29, 0.717) is 6.04 Å². The number of amides is 1. The number of ether oxygens (including phenoxy) is 1. The first-order valence-corrected chi connectivity index (χ1v) is 9.41. The summed E-state index contributed by atoms with van der Waals surface area (Å²) in [6.07, 6.45) is 5.31. The summed E-state index contributed by atoms with van der Waals surface area (Å²) in [5, 5.41) is 13.2. The van der Waals surface area contributed by atoms with Gasteiger partial charge in [0.2, 0.25) is 0 Å². The van der Waals surface area contributed by atoms with Crippen LogP contribution in [-0.4, -0.2) is 28.0 Å². The molecule has 1 saturated carbocycles. The number of carbonyl (C=O) groups excluding carboxylic acids is 2. The van der Waals surface area contributed by atoms with Crippen molar-refractivity contribution in [1.82, 2.24) is 4.57 Å². The van der Waals surface area contributed by atoms with Crippen molar-refractivity contribution >= 4 is 40.9 Å². The first-order chi connectivity index (χ1) is 13.8. The number of benzene rings is 1. The van der Waals surface area contributed by atoms with Gasteiger partial charge in [-0.25, -0.2) is 4.79 Å². The van der Waals surface area contributed by atoms with Gasteiger partial charge in [-0.3, -0.25) is 14.9 Å². The molecule has 1 amide bonds. The zero-order chi connectivity index (χ0) is 21.1. The van der Waals surface area contributed by atoms with E-state index in [1.54, 1.807) is 6.08 Å². The molecule has 1 heterocycles. The summed E-state index contributed by atoms with van der Waals surface area (Å²) in [7, 11) is 0. The first kappa shape index (κ1) is 20.6. The highest BCUT2D eigenvalue weighted by Gasteiger charge is 2.26.